The van der Waals surface area contributed by atoms with Crippen molar-refractivity contribution in [1.82, 2.24) is 4.67 Å². The Balaban J connectivity index is 2.63. The maximum atomic E-state index is 14.4. The first kappa shape index (κ1) is 17.8. The zero-order valence-corrected chi connectivity index (χ0v) is 15.6. The van der Waals surface area contributed by atoms with Gasteiger partial charge in [-0.3, -0.25) is 4.57 Å². The van der Waals surface area contributed by atoms with Crippen molar-refractivity contribution in [1.29, 1.82) is 0 Å². The first-order chi connectivity index (χ1) is 10.9. The third kappa shape index (κ3) is 3.52. The van der Waals surface area contributed by atoms with Gasteiger partial charge in [0.25, 0.3) is 7.44 Å². The van der Waals surface area contributed by atoms with Crippen LogP contribution in [0.2, 0.25) is 0 Å². The molecule has 1 unspecified atom stereocenters. The lowest BCUT2D eigenvalue weighted by atomic mass is 10.3. The Labute approximate surface area is 140 Å². The summed E-state index contributed by atoms with van der Waals surface area (Å²) in [4.78, 5) is 0. The number of benzene rings is 2. The summed E-state index contributed by atoms with van der Waals surface area (Å²) in [5.74, 6) is 0. The van der Waals surface area contributed by atoms with E-state index in [4.69, 9.17) is 0 Å². The number of rotatable bonds is 6. The summed E-state index contributed by atoms with van der Waals surface area (Å²) in [5.41, 5.74) is 0.964. The summed E-state index contributed by atoms with van der Waals surface area (Å²) in [6.07, 6.45) is 0. The molecular weight excluding hydrogens is 303 g/mol. The lowest BCUT2D eigenvalue weighted by molar-refractivity contribution is 0.302. The van der Waals surface area contributed by atoms with Gasteiger partial charge in [0.2, 0.25) is 0 Å². The summed E-state index contributed by atoms with van der Waals surface area (Å²) in [6, 6.07) is 20.1. The van der Waals surface area contributed by atoms with Gasteiger partial charge in [-0.25, -0.2) is 4.67 Å². The minimum Gasteiger partial charge on any atom is -0.311 e. The van der Waals surface area contributed by atoms with Gasteiger partial charge in [0.15, 0.2) is 0 Å². The zero-order valence-electron chi connectivity index (χ0n) is 14.7. The van der Waals surface area contributed by atoms with Crippen LogP contribution in [0.3, 0.4) is 0 Å². The van der Waals surface area contributed by atoms with Crippen LogP contribution in [0.15, 0.2) is 60.7 Å². The first-order valence-electron chi connectivity index (χ1n) is 8.12. The molecule has 0 aliphatic heterocycles. The van der Waals surface area contributed by atoms with Crippen LogP contribution in [0.5, 0.6) is 0 Å². The molecule has 0 aromatic heterocycles. The first-order valence-corrected chi connectivity index (χ1v) is 9.74. The lowest BCUT2D eigenvalue weighted by Crippen LogP contribution is -2.42. The molecule has 0 radical (unpaired) electrons. The molecule has 0 spiro atoms. The molecule has 2 rings (SSSR count). The van der Waals surface area contributed by atoms with E-state index in [0.29, 0.717) is 0 Å². The van der Waals surface area contributed by atoms with Gasteiger partial charge in [-0.1, -0.05) is 36.4 Å². The molecule has 3 nitrogen and oxygen atoms in total. The third-order valence-corrected chi connectivity index (χ3v) is 7.57. The van der Waals surface area contributed by atoms with Crippen LogP contribution in [-0.4, -0.2) is 23.8 Å². The monoisotopic (exact) mass is 330 g/mol. The van der Waals surface area contributed by atoms with Gasteiger partial charge in [0, 0.05) is 30.1 Å². The maximum absolute atomic E-state index is 14.4. The predicted molar refractivity (Wildman–Crippen MR) is 101 cm³/mol. The molecule has 0 bridgehead atoms. The molecule has 1 atom stereocenters. The second-order valence-electron chi connectivity index (χ2n) is 6.31. The highest BCUT2D eigenvalue weighted by Gasteiger charge is 2.40. The van der Waals surface area contributed by atoms with Crippen LogP contribution >= 0.6 is 7.44 Å². The molecule has 23 heavy (non-hydrogen) atoms. The average Bonchev–Trinajstić information content (AvgIpc) is 2.55. The van der Waals surface area contributed by atoms with Crippen LogP contribution in [0.4, 0.5) is 5.69 Å². The van der Waals surface area contributed by atoms with E-state index in [-0.39, 0.29) is 12.1 Å². The van der Waals surface area contributed by atoms with Gasteiger partial charge >= 0.3 is 0 Å². The number of nitrogens with zero attached hydrogens (tertiary/aromatic N) is 2. The van der Waals surface area contributed by atoms with Gasteiger partial charge in [0.05, 0.1) is 0 Å². The molecular formula is C19H27N2OP. The second kappa shape index (κ2) is 7.33. The van der Waals surface area contributed by atoms with Crippen molar-refractivity contribution in [2.24, 2.45) is 0 Å². The van der Waals surface area contributed by atoms with E-state index < -0.39 is 7.44 Å². The fraction of sp³-hybridized carbons (Fsp3) is 0.368. The van der Waals surface area contributed by atoms with Gasteiger partial charge < -0.3 is 4.67 Å². The molecule has 0 saturated heterocycles. The summed E-state index contributed by atoms with van der Waals surface area (Å²) in [7, 11) is -1.01. The quantitative estimate of drug-likeness (QED) is 0.714. The van der Waals surface area contributed by atoms with Crippen LogP contribution < -0.4 is 9.97 Å². The number of hydrogen-bond donors (Lipinski definition) is 0. The summed E-state index contributed by atoms with van der Waals surface area (Å²) < 4.78 is 18.4. The molecule has 0 aliphatic carbocycles. The average molecular weight is 330 g/mol. The molecule has 0 fully saturated rings. The van der Waals surface area contributed by atoms with E-state index in [2.05, 4.69) is 32.4 Å². The minimum absolute atomic E-state index is 0.173. The second-order valence-corrected chi connectivity index (χ2v) is 8.97. The van der Waals surface area contributed by atoms with Crippen LogP contribution in [0.1, 0.15) is 27.7 Å². The molecule has 0 heterocycles. The van der Waals surface area contributed by atoms with Crippen LogP contribution in [0.25, 0.3) is 0 Å². The number of anilines is 1. The Kier molecular flexibility index (Phi) is 5.67. The highest BCUT2D eigenvalue weighted by atomic mass is 31.2. The Morgan fingerprint density at radius 1 is 0.783 bits per heavy atom. The summed E-state index contributed by atoms with van der Waals surface area (Å²) in [5, 5.41) is 0.869. The SMILES string of the molecule is CC(C)N(C(C)C)P(=O)(c1ccccc1)N(C)c1ccccc1. The molecule has 2 aromatic carbocycles. The Bertz CT molecular complexity index is 648. The van der Waals surface area contributed by atoms with Gasteiger partial charge in [0.1, 0.15) is 0 Å². The normalized spacial score (nSPS) is 14.3. The van der Waals surface area contributed by atoms with Crippen LogP contribution in [0, 0.1) is 0 Å². The van der Waals surface area contributed by atoms with Crippen molar-refractivity contribution in [3.63, 3.8) is 0 Å². The molecule has 2 aromatic rings. The zero-order chi connectivity index (χ0) is 17.0. The molecule has 0 aliphatic rings. The molecule has 4 heteroatoms. The van der Waals surface area contributed by atoms with E-state index in [1.54, 1.807) is 0 Å². The fourth-order valence-corrected chi connectivity index (χ4v) is 6.29. The van der Waals surface area contributed by atoms with Crippen molar-refractivity contribution < 1.29 is 4.57 Å². The standard InChI is InChI=1S/C19H27N2OP/c1-16(2)21(17(3)4)23(22,19-14-10-7-11-15-19)20(5)18-12-8-6-9-13-18/h6-17H,1-5H3. The van der Waals surface area contributed by atoms with Crippen molar-refractivity contribution >= 4 is 18.4 Å². The highest BCUT2D eigenvalue weighted by molar-refractivity contribution is 7.70. The minimum atomic E-state index is -2.94. The number of hydrogen-bond acceptors (Lipinski definition) is 1. The van der Waals surface area contributed by atoms with E-state index in [1.165, 1.54) is 0 Å². The molecule has 124 valence electrons. The summed E-state index contributed by atoms with van der Waals surface area (Å²) in [6.45, 7) is 8.42. The topological polar surface area (TPSA) is 23.6 Å². The van der Waals surface area contributed by atoms with Gasteiger partial charge in [-0.15, -0.1) is 0 Å². The van der Waals surface area contributed by atoms with Crippen LogP contribution in [-0.2, 0) is 4.57 Å². The highest BCUT2D eigenvalue weighted by Crippen LogP contribution is 2.55. The molecule has 0 saturated carbocycles. The smallest absolute Gasteiger partial charge is 0.269 e. The fourth-order valence-electron chi connectivity index (χ4n) is 3.11. The summed E-state index contributed by atoms with van der Waals surface area (Å²) >= 11 is 0. The van der Waals surface area contributed by atoms with E-state index in [9.17, 15) is 4.57 Å². The largest absolute Gasteiger partial charge is 0.311 e. The van der Waals surface area contributed by atoms with Gasteiger partial charge in [-0.05, 0) is 52.0 Å². The van der Waals surface area contributed by atoms with E-state index in [1.807, 2.05) is 72.4 Å². The Morgan fingerprint density at radius 3 is 1.65 bits per heavy atom. The Morgan fingerprint density at radius 2 is 1.22 bits per heavy atom. The van der Waals surface area contributed by atoms with E-state index >= 15 is 0 Å². The Hall–Kier alpha value is -1.57. The van der Waals surface area contributed by atoms with Crippen molar-refractivity contribution in [3.8, 4) is 0 Å². The predicted octanol–water partition coefficient (Wildman–Crippen LogP) is 4.76. The number of para-hydroxylation sites is 1. The van der Waals surface area contributed by atoms with Crippen molar-refractivity contribution in [3.05, 3.63) is 60.7 Å². The van der Waals surface area contributed by atoms with Gasteiger partial charge in [-0.2, -0.15) is 0 Å². The van der Waals surface area contributed by atoms with E-state index in [0.717, 1.165) is 11.0 Å². The molecule has 0 N–H and O–H groups in total. The molecule has 0 amide bonds. The lowest BCUT2D eigenvalue weighted by Gasteiger charge is -2.43. The van der Waals surface area contributed by atoms with Crippen molar-refractivity contribution in [2.45, 2.75) is 39.8 Å². The maximum Gasteiger partial charge on any atom is 0.269 e. The van der Waals surface area contributed by atoms with Crippen molar-refractivity contribution in [2.75, 3.05) is 11.7 Å². The third-order valence-electron chi connectivity index (χ3n) is 4.00.